The lowest BCUT2D eigenvalue weighted by Crippen LogP contribution is -2.43. The van der Waals surface area contributed by atoms with Gasteiger partial charge in [-0.05, 0) is 64.0 Å². The molecule has 248 valence electrons. The Bertz CT molecular complexity index is 1380. The Hall–Kier alpha value is -4.15. The van der Waals surface area contributed by atoms with Gasteiger partial charge in [-0.25, -0.2) is 4.79 Å². The Morgan fingerprint density at radius 2 is 1.78 bits per heavy atom. The molecule has 0 aromatic rings. The van der Waals surface area contributed by atoms with Crippen molar-refractivity contribution in [3.8, 4) is 0 Å². The lowest BCUT2D eigenvalue weighted by molar-refractivity contribution is -0.156. The molecule has 0 aromatic heterocycles. The number of fused-ring (bicyclic) bond motifs is 2. The normalized spacial score (nSPS) is 29.2. The first kappa shape index (κ1) is 36.3. The van der Waals surface area contributed by atoms with Gasteiger partial charge < -0.3 is 25.2 Å². The molecule has 3 N–H and O–H groups in total. The molecule has 1 aliphatic heterocycles. The number of carbonyl (C=O) groups excluding carboxylic acids is 5. The Balaban J connectivity index is 1.80. The minimum absolute atomic E-state index is 0.0598. The monoisotopic (exact) mass is 634 g/mol. The van der Waals surface area contributed by atoms with Crippen molar-refractivity contribution in [2.75, 3.05) is 7.11 Å². The quantitative estimate of drug-likeness (QED) is 0.232. The highest BCUT2D eigenvalue weighted by Crippen LogP contribution is 2.24. The number of allylic oxidation sites excluding steroid dienone is 9. The topological polar surface area (TPSA) is 148 Å². The fourth-order valence-corrected chi connectivity index (χ4v) is 5.37. The molecule has 10 heteroatoms. The number of hydrogen-bond acceptors (Lipinski definition) is 8. The summed E-state index contributed by atoms with van der Waals surface area (Å²) in [6, 6.07) is -0.881. The largest absolute Gasteiger partial charge is 0.460 e. The van der Waals surface area contributed by atoms with Gasteiger partial charge in [-0.15, -0.1) is 0 Å². The van der Waals surface area contributed by atoms with E-state index in [1.54, 1.807) is 57.2 Å². The van der Waals surface area contributed by atoms with E-state index >= 15 is 0 Å². The number of carbonyl (C=O) groups is 5. The van der Waals surface area contributed by atoms with Crippen molar-refractivity contribution in [1.82, 2.24) is 10.6 Å². The lowest BCUT2D eigenvalue weighted by Gasteiger charge is -2.29. The van der Waals surface area contributed by atoms with Gasteiger partial charge in [0.2, 0.25) is 17.6 Å². The summed E-state index contributed by atoms with van der Waals surface area (Å²) >= 11 is 0. The van der Waals surface area contributed by atoms with Crippen LogP contribution >= 0.6 is 0 Å². The minimum Gasteiger partial charge on any atom is -0.460 e. The highest BCUT2D eigenvalue weighted by atomic mass is 16.5. The summed E-state index contributed by atoms with van der Waals surface area (Å²) in [5, 5.41) is 16.5. The molecule has 3 aliphatic rings. The Morgan fingerprint density at radius 3 is 2.50 bits per heavy atom. The first-order chi connectivity index (χ1) is 22.0. The minimum atomic E-state index is -0.977. The molecule has 5 atom stereocenters. The van der Waals surface area contributed by atoms with E-state index in [0.29, 0.717) is 30.4 Å². The van der Waals surface area contributed by atoms with Crippen molar-refractivity contribution < 1.29 is 38.6 Å². The standard InChI is InChI=1S/C36H46N2O8/c1-23-14-13-17-27-20-28(39)21-30(34(27)42)38-32(40)22-29(45-4)18-11-6-5-7-12-19-31(24(2)33(23)41)46-36(44)25(3)37-35(43)26-15-9-8-10-16-26/h5-7,11-12,14-15,18,20-21,24-25,29,31,33,41H,8-10,13,16-17,19,22H2,1-4H3,(H,37,43)(H,38,40)/b6-5+,12-7+,18-11+,23-14-. The molecule has 2 amide bonds. The van der Waals surface area contributed by atoms with Crippen molar-refractivity contribution >= 4 is 29.4 Å². The lowest BCUT2D eigenvalue weighted by atomic mass is 9.90. The molecule has 10 nitrogen and oxygen atoms in total. The number of aliphatic hydroxyl groups is 1. The van der Waals surface area contributed by atoms with Crippen LogP contribution in [0.25, 0.3) is 0 Å². The van der Waals surface area contributed by atoms with Crippen LogP contribution in [0.1, 0.15) is 72.1 Å². The van der Waals surface area contributed by atoms with E-state index in [1.165, 1.54) is 13.2 Å². The van der Waals surface area contributed by atoms with Crippen LogP contribution in [0.5, 0.6) is 0 Å². The van der Waals surface area contributed by atoms with Gasteiger partial charge in [0.05, 0.1) is 24.3 Å². The molecule has 0 aromatic carbocycles. The van der Waals surface area contributed by atoms with Gasteiger partial charge in [-0.2, -0.15) is 0 Å². The number of esters is 1. The zero-order valence-corrected chi connectivity index (χ0v) is 27.1. The maximum absolute atomic E-state index is 13.1. The van der Waals surface area contributed by atoms with E-state index in [1.807, 2.05) is 12.2 Å². The van der Waals surface area contributed by atoms with Crippen LogP contribution in [0.4, 0.5) is 0 Å². The second-order valence-corrected chi connectivity index (χ2v) is 11.9. The zero-order chi connectivity index (χ0) is 33.6. The highest BCUT2D eigenvalue weighted by molar-refractivity contribution is 6.21. The van der Waals surface area contributed by atoms with Gasteiger partial charge in [0, 0.05) is 36.7 Å². The first-order valence-electron chi connectivity index (χ1n) is 15.9. The van der Waals surface area contributed by atoms with Crippen LogP contribution in [-0.2, 0) is 33.4 Å². The van der Waals surface area contributed by atoms with Crippen LogP contribution in [0.15, 0.2) is 83.2 Å². The SMILES string of the molecule is COC1/C=C/C=C/C=C/CC(OC(=O)C(C)NC(=O)C2=CCCCC2)C(C)C(O)/C(C)=C\CCC2=CC(=O)C=C(NC(=O)C1)C2=O. The van der Waals surface area contributed by atoms with Gasteiger partial charge >= 0.3 is 5.97 Å². The molecule has 5 unspecified atom stereocenters. The average molecular weight is 635 g/mol. The molecule has 2 aliphatic carbocycles. The molecule has 0 saturated carbocycles. The third-order valence-corrected chi connectivity index (χ3v) is 8.25. The van der Waals surface area contributed by atoms with Gasteiger partial charge in [0.1, 0.15) is 12.1 Å². The van der Waals surface area contributed by atoms with Gasteiger partial charge in [-0.1, -0.05) is 55.5 Å². The third-order valence-electron chi connectivity index (χ3n) is 8.25. The molecule has 0 spiro atoms. The van der Waals surface area contributed by atoms with Crippen LogP contribution < -0.4 is 10.6 Å². The summed E-state index contributed by atoms with van der Waals surface area (Å²) in [5.74, 6) is -2.69. The maximum Gasteiger partial charge on any atom is 0.328 e. The summed E-state index contributed by atoms with van der Waals surface area (Å²) in [5.41, 5.74) is 1.47. The fourth-order valence-electron chi connectivity index (χ4n) is 5.37. The number of methoxy groups -OCH3 is 1. The molecule has 3 rings (SSSR count). The predicted molar refractivity (Wildman–Crippen MR) is 174 cm³/mol. The van der Waals surface area contributed by atoms with Crippen molar-refractivity contribution in [2.24, 2.45) is 5.92 Å². The number of ether oxygens (including phenoxy) is 2. The highest BCUT2D eigenvalue weighted by Gasteiger charge is 2.30. The summed E-state index contributed by atoms with van der Waals surface area (Å²) in [6.45, 7) is 5.12. The van der Waals surface area contributed by atoms with Gasteiger partial charge in [-0.3, -0.25) is 19.2 Å². The second-order valence-electron chi connectivity index (χ2n) is 11.9. The number of hydrogen-bond donors (Lipinski definition) is 3. The summed E-state index contributed by atoms with van der Waals surface area (Å²) in [6.07, 6.45) is 18.7. The first-order valence-corrected chi connectivity index (χ1v) is 15.9. The van der Waals surface area contributed by atoms with Crippen LogP contribution in [0, 0.1) is 5.92 Å². The molecule has 0 saturated heterocycles. The van der Waals surface area contributed by atoms with Crippen LogP contribution in [0.3, 0.4) is 0 Å². The average Bonchev–Trinajstić information content (AvgIpc) is 3.04. The van der Waals surface area contributed by atoms with Crippen LogP contribution in [0.2, 0.25) is 0 Å². The van der Waals surface area contributed by atoms with Crippen molar-refractivity contribution in [1.29, 1.82) is 0 Å². The number of amides is 2. The Morgan fingerprint density at radius 1 is 1.02 bits per heavy atom. The molecule has 1 heterocycles. The Kier molecular flexibility index (Phi) is 14.3. The number of ketones is 2. The number of nitrogens with one attached hydrogen (secondary N) is 2. The van der Waals surface area contributed by atoms with E-state index in [-0.39, 0.29) is 30.0 Å². The smallest absolute Gasteiger partial charge is 0.328 e. The number of aliphatic hydroxyl groups excluding tert-OH is 1. The Labute approximate surface area is 271 Å². The fraction of sp³-hybridized carbons (Fsp3) is 0.472. The molecule has 2 bridgehead atoms. The maximum atomic E-state index is 13.1. The van der Waals surface area contributed by atoms with E-state index in [9.17, 15) is 29.1 Å². The van der Waals surface area contributed by atoms with Gasteiger partial charge in [0.25, 0.3) is 0 Å². The van der Waals surface area contributed by atoms with Crippen LogP contribution in [-0.4, -0.2) is 65.9 Å². The van der Waals surface area contributed by atoms with Gasteiger partial charge in [0.15, 0.2) is 5.78 Å². The number of rotatable bonds is 5. The summed E-state index contributed by atoms with van der Waals surface area (Å²) < 4.78 is 11.2. The zero-order valence-electron chi connectivity index (χ0n) is 27.1. The molecule has 0 radical (unpaired) electrons. The number of Topliss-reactive ketones (excluding diaryl/α,β-unsaturated/α-hetero) is 1. The van der Waals surface area contributed by atoms with E-state index in [0.717, 1.165) is 25.3 Å². The second kappa shape index (κ2) is 18.1. The van der Waals surface area contributed by atoms with Crippen molar-refractivity contribution in [2.45, 2.75) is 96.5 Å². The molecule has 46 heavy (non-hydrogen) atoms. The van der Waals surface area contributed by atoms with Crippen molar-refractivity contribution in [3.63, 3.8) is 0 Å². The molecular weight excluding hydrogens is 588 g/mol. The van der Waals surface area contributed by atoms with E-state index in [4.69, 9.17) is 9.47 Å². The predicted octanol–water partition coefficient (Wildman–Crippen LogP) is 4.18. The summed E-state index contributed by atoms with van der Waals surface area (Å²) in [7, 11) is 1.47. The summed E-state index contributed by atoms with van der Waals surface area (Å²) in [4.78, 5) is 63.8. The molecular formula is C36H46N2O8. The molecule has 0 fully saturated rings. The third kappa shape index (κ3) is 11.0. The van der Waals surface area contributed by atoms with Crippen molar-refractivity contribution in [3.05, 3.63) is 83.2 Å². The van der Waals surface area contributed by atoms with E-state index < -0.39 is 53.7 Å². The van der Waals surface area contributed by atoms with E-state index in [2.05, 4.69) is 10.6 Å².